The van der Waals surface area contributed by atoms with Gasteiger partial charge in [0.05, 0.1) is 0 Å². The Morgan fingerprint density at radius 3 is 2.81 bits per heavy atom. The molecular formula is C18H30N2S. The highest BCUT2D eigenvalue weighted by Crippen LogP contribution is 2.37. The van der Waals surface area contributed by atoms with Crippen molar-refractivity contribution in [3.8, 4) is 0 Å². The van der Waals surface area contributed by atoms with E-state index in [0.29, 0.717) is 12.0 Å². The van der Waals surface area contributed by atoms with Gasteiger partial charge in [-0.1, -0.05) is 33.3 Å². The number of piperazine rings is 1. The van der Waals surface area contributed by atoms with Crippen LogP contribution in [0.25, 0.3) is 0 Å². The minimum absolute atomic E-state index is 0.610. The molecule has 0 radical (unpaired) electrons. The Bertz CT molecular complexity index is 428. The van der Waals surface area contributed by atoms with E-state index in [1.165, 1.54) is 45.3 Å². The first-order valence-electron chi connectivity index (χ1n) is 8.74. The average Bonchev–Trinajstić information content (AvgIpc) is 3.00. The maximum Gasteiger partial charge on any atom is 0.0468 e. The van der Waals surface area contributed by atoms with Gasteiger partial charge in [0.15, 0.2) is 0 Å². The molecule has 2 fully saturated rings. The van der Waals surface area contributed by atoms with E-state index in [1.807, 2.05) is 11.3 Å². The Morgan fingerprint density at radius 1 is 1.29 bits per heavy atom. The number of thiophene rings is 1. The van der Waals surface area contributed by atoms with E-state index in [1.54, 1.807) is 4.88 Å². The quantitative estimate of drug-likeness (QED) is 0.814. The summed E-state index contributed by atoms with van der Waals surface area (Å²) in [6.45, 7) is 11.1. The summed E-state index contributed by atoms with van der Waals surface area (Å²) in [5, 5.41) is 2.24. The summed E-state index contributed by atoms with van der Waals surface area (Å²) < 4.78 is 0. The molecule has 2 nitrogen and oxygen atoms in total. The summed E-state index contributed by atoms with van der Waals surface area (Å²) >= 11 is 1.94. The summed E-state index contributed by atoms with van der Waals surface area (Å²) in [4.78, 5) is 7.19. The molecule has 3 heteroatoms. The lowest BCUT2D eigenvalue weighted by Gasteiger charge is -2.51. The molecular weight excluding hydrogens is 276 g/mol. The van der Waals surface area contributed by atoms with Gasteiger partial charge in [0.25, 0.3) is 0 Å². The Morgan fingerprint density at radius 2 is 2.14 bits per heavy atom. The third kappa shape index (κ3) is 3.20. The van der Waals surface area contributed by atoms with Gasteiger partial charge < -0.3 is 0 Å². The topological polar surface area (TPSA) is 6.48 Å². The third-order valence-corrected chi connectivity index (χ3v) is 6.32. The molecule has 3 atom stereocenters. The van der Waals surface area contributed by atoms with Crippen LogP contribution in [0.5, 0.6) is 0 Å². The predicted octanol–water partition coefficient (Wildman–Crippen LogP) is 4.39. The number of rotatable bonds is 4. The lowest BCUT2D eigenvalue weighted by molar-refractivity contribution is -0.0259. The van der Waals surface area contributed by atoms with E-state index in [4.69, 9.17) is 0 Å². The summed E-state index contributed by atoms with van der Waals surface area (Å²) in [6.07, 6.45) is 5.52. The molecule has 0 aliphatic carbocycles. The van der Waals surface area contributed by atoms with Gasteiger partial charge in [-0.15, -0.1) is 11.3 Å². The summed E-state index contributed by atoms with van der Waals surface area (Å²) in [5.41, 5.74) is 0. The zero-order valence-corrected chi connectivity index (χ0v) is 14.6. The van der Waals surface area contributed by atoms with Crippen LogP contribution >= 0.6 is 11.3 Å². The van der Waals surface area contributed by atoms with Crippen LogP contribution in [0, 0.1) is 5.92 Å². The molecule has 0 saturated carbocycles. The minimum Gasteiger partial charge on any atom is -0.298 e. The highest BCUT2D eigenvalue weighted by Gasteiger charge is 2.38. The van der Waals surface area contributed by atoms with Gasteiger partial charge in [0.2, 0.25) is 0 Å². The molecule has 1 aromatic rings. The molecule has 2 aliphatic rings. The number of fused-ring (bicyclic) bond motifs is 1. The van der Waals surface area contributed by atoms with Crippen LogP contribution in [-0.4, -0.2) is 41.5 Å². The highest BCUT2D eigenvalue weighted by molar-refractivity contribution is 7.10. The van der Waals surface area contributed by atoms with Gasteiger partial charge in [-0.25, -0.2) is 0 Å². The molecule has 3 unspecified atom stereocenters. The van der Waals surface area contributed by atoms with Crippen molar-refractivity contribution >= 4 is 11.3 Å². The van der Waals surface area contributed by atoms with Crippen LogP contribution in [0.3, 0.4) is 0 Å². The number of hydrogen-bond acceptors (Lipinski definition) is 3. The lowest BCUT2D eigenvalue weighted by Crippen LogP contribution is -2.60. The van der Waals surface area contributed by atoms with Gasteiger partial charge in [-0.05, 0) is 43.2 Å². The molecule has 0 amide bonds. The molecule has 118 valence electrons. The standard InChI is InChI=1S/C18H30N2S/c1-4-15-12-19-10-6-5-8-16(19)13-20(15)18(14(2)3)17-9-7-11-21-17/h7,9,11,14-16,18H,4-6,8,10,12-13H2,1-3H3. The molecule has 21 heavy (non-hydrogen) atoms. The first-order valence-corrected chi connectivity index (χ1v) is 9.61. The smallest absolute Gasteiger partial charge is 0.0468 e. The first-order chi connectivity index (χ1) is 10.2. The molecule has 3 rings (SSSR count). The van der Waals surface area contributed by atoms with Crippen LogP contribution < -0.4 is 0 Å². The van der Waals surface area contributed by atoms with Gasteiger partial charge in [-0.3, -0.25) is 9.80 Å². The van der Waals surface area contributed by atoms with E-state index in [9.17, 15) is 0 Å². The van der Waals surface area contributed by atoms with Gasteiger partial charge in [0.1, 0.15) is 0 Å². The molecule has 0 bridgehead atoms. The maximum atomic E-state index is 2.85. The summed E-state index contributed by atoms with van der Waals surface area (Å²) in [5.74, 6) is 0.688. The third-order valence-electron chi connectivity index (χ3n) is 5.38. The molecule has 0 aromatic carbocycles. The van der Waals surface area contributed by atoms with Crippen LogP contribution in [-0.2, 0) is 0 Å². The second-order valence-corrected chi connectivity index (χ2v) is 8.09. The largest absolute Gasteiger partial charge is 0.298 e. The van der Waals surface area contributed by atoms with E-state index in [-0.39, 0.29) is 0 Å². The molecule has 3 heterocycles. The minimum atomic E-state index is 0.610. The van der Waals surface area contributed by atoms with Crippen molar-refractivity contribution in [2.75, 3.05) is 19.6 Å². The maximum absolute atomic E-state index is 2.85. The zero-order valence-electron chi connectivity index (χ0n) is 13.8. The zero-order chi connectivity index (χ0) is 14.8. The van der Waals surface area contributed by atoms with Crippen LogP contribution in [0.2, 0.25) is 0 Å². The fourth-order valence-electron chi connectivity index (χ4n) is 4.31. The Hall–Kier alpha value is -0.380. The fourth-order valence-corrected chi connectivity index (χ4v) is 5.33. The number of nitrogens with zero attached hydrogens (tertiary/aromatic N) is 2. The Kier molecular flexibility index (Phi) is 5.03. The van der Waals surface area contributed by atoms with E-state index in [0.717, 1.165) is 12.1 Å². The second-order valence-electron chi connectivity index (χ2n) is 7.11. The SMILES string of the molecule is CCC1CN2CCCCC2CN1C(c1cccs1)C(C)C. The monoisotopic (exact) mass is 306 g/mol. The Balaban J connectivity index is 1.83. The fraction of sp³-hybridized carbons (Fsp3) is 0.778. The molecule has 2 aliphatic heterocycles. The summed E-state index contributed by atoms with van der Waals surface area (Å²) in [6, 6.07) is 6.71. The molecule has 0 N–H and O–H groups in total. The molecule has 0 spiro atoms. The highest BCUT2D eigenvalue weighted by atomic mass is 32.1. The van der Waals surface area contributed by atoms with E-state index in [2.05, 4.69) is 48.1 Å². The normalized spacial score (nSPS) is 29.5. The van der Waals surface area contributed by atoms with Crippen molar-refractivity contribution in [2.45, 2.75) is 64.6 Å². The van der Waals surface area contributed by atoms with E-state index < -0.39 is 0 Å². The van der Waals surface area contributed by atoms with Crippen LogP contribution in [0.4, 0.5) is 0 Å². The van der Waals surface area contributed by atoms with Crippen LogP contribution in [0.1, 0.15) is 57.4 Å². The van der Waals surface area contributed by atoms with Crippen molar-refractivity contribution in [3.63, 3.8) is 0 Å². The van der Waals surface area contributed by atoms with Crippen molar-refractivity contribution < 1.29 is 0 Å². The van der Waals surface area contributed by atoms with Crippen molar-refractivity contribution in [1.29, 1.82) is 0 Å². The molecule has 2 saturated heterocycles. The van der Waals surface area contributed by atoms with Crippen molar-refractivity contribution in [3.05, 3.63) is 22.4 Å². The summed E-state index contributed by atoms with van der Waals surface area (Å²) in [7, 11) is 0. The van der Waals surface area contributed by atoms with Gasteiger partial charge >= 0.3 is 0 Å². The second kappa shape index (κ2) is 6.80. The first kappa shape index (κ1) is 15.5. The Labute approximate surface area is 134 Å². The number of piperidine rings is 1. The van der Waals surface area contributed by atoms with Crippen molar-refractivity contribution in [1.82, 2.24) is 9.80 Å². The predicted molar refractivity (Wildman–Crippen MR) is 91.9 cm³/mol. The van der Waals surface area contributed by atoms with Crippen LogP contribution in [0.15, 0.2) is 17.5 Å². The average molecular weight is 307 g/mol. The van der Waals surface area contributed by atoms with Gasteiger partial charge in [-0.2, -0.15) is 0 Å². The van der Waals surface area contributed by atoms with Gasteiger partial charge in [0, 0.05) is 36.1 Å². The molecule has 1 aromatic heterocycles. The lowest BCUT2D eigenvalue weighted by atomic mass is 9.91. The van der Waals surface area contributed by atoms with E-state index >= 15 is 0 Å². The number of hydrogen-bond donors (Lipinski definition) is 0. The van der Waals surface area contributed by atoms with Crippen molar-refractivity contribution in [2.24, 2.45) is 5.92 Å².